The molecule has 6 heteroatoms. The Kier molecular flexibility index (Phi) is 3.88. The lowest BCUT2D eigenvalue weighted by atomic mass is 10.0. The first-order chi connectivity index (χ1) is 10.6. The first-order valence-electron chi connectivity index (χ1n) is 6.45. The van der Waals surface area contributed by atoms with E-state index in [4.69, 9.17) is 28.9 Å². The maximum Gasteiger partial charge on any atom is 0.249 e. The molecule has 0 saturated carbocycles. The quantitative estimate of drug-likeness (QED) is 0.714. The Hall–Kier alpha value is -2.30. The molecule has 0 atom stereocenters. The van der Waals surface area contributed by atoms with Crippen molar-refractivity contribution in [2.24, 2.45) is 5.73 Å². The molecule has 0 aliphatic heterocycles. The topological polar surface area (TPSA) is 71.8 Å². The smallest absolute Gasteiger partial charge is 0.249 e. The molecule has 4 nitrogen and oxygen atoms in total. The maximum absolute atomic E-state index is 11.8. The van der Waals surface area contributed by atoms with Crippen LogP contribution in [0.4, 0.5) is 0 Å². The van der Waals surface area contributed by atoms with Gasteiger partial charge in [0.15, 0.2) is 0 Å². The molecule has 3 aromatic rings. The Balaban J connectivity index is 2.15. The number of rotatable bonds is 3. The molecular formula is C16H11Cl2N3O. The van der Waals surface area contributed by atoms with E-state index in [2.05, 4.69) is 9.97 Å². The van der Waals surface area contributed by atoms with Crippen molar-refractivity contribution in [2.75, 3.05) is 0 Å². The largest absolute Gasteiger partial charge is 0.366 e. The number of primary amides is 1. The Bertz CT molecular complexity index is 899. The summed E-state index contributed by atoms with van der Waals surface area (Å²) in [6.45, 7) is 0. The van der Waals surface area contributed by atoms with E-state index in [0.29, 0.717) is 21.2 Å². The lowest BCUT2D eigenvalue weighted by Gasteiger charge is -2.05. The Morgan fingerprint density at radius 3 is 2.77 bits per heavy atom. The van der Waals surface area contributed by atoms with Gasteiger partial charge in [0.05, 0.1) is 10.0 Å². The highest BCUT2D eigenvalue weighted by molar-refractivity contribution is 6.42. The molecule has 0 radical (unpaired) electrons. The Morgan fingerprint density at radius 1 is 1.23 bits per heavy atom. The number of aromatic nitrogens is 2. The standard InChI is InChI=1S/C16H11Cl2N3O/c17-13-4-3-9(7-14(13)18)12(15(19)22)6-10-8-21-16-11(10)2-1-5-20-16/h1-8H,(H2,19,22)(H,20,21). The van der Waals surface area contributed by atoms with E-state index >= 15 is 0 Å². The summed E-state index contributed by atoms with van der Waals surface area (Å²) in [6.07, 6.45) is 5.18. The molecule has 0 unspecified atom stereocenters. The SMILES string of the molecule is NC(=O)C(=Cc1c[nH]c2ncccc12)c1ccc(Cl)c(Cl)c1. The molecule has 0 fully saturated rings. The van der Waals surface area contributed by atoms with Gasteiger partial charge in [-0.2, -0.15) is 0 Å². The molecular weight excluding hydrogens is 321 g/mol. The number of pyridine rings is 1. The number of halogens is 2. The molecule has 3 rings (SSSR count). The van der Waals surface area contributed by atoms with Gasteiger partial charge in [-0.3, -0.25) is 4.79 Å². The van der Waals surface area contributed by atoms with Crippen LogP contribution in [0.2, 0.25) is 10.0 Å². The molecule has 1 amide bonds. The van der Waals surface area contributed by atoms with Crippen molar-refractivity contribution in [1.82, 2.24) is 9.97 Å². The van der Waals surface area contributed by atoms with E-state index in [1.165, 1.54) is 0 Å². The van der Waals surface area contributed by atoms with Crippen LogP contribution in [0.1, 0.15) is 11.1 Å². The number of fused-ring (bicyclic) bond motifs is 1. The van der Waals surface area contributed by atoms with Gasteiger partial charge in [-0.15, -0.1) is 0 Å². The van der Waals surface area contributed by atoms with Crippen molar-refractivity contribution in [2.45, 2.75) is 0 Å². The van der Waals surface area contributed by atoms with Gasteiger partial charge in [-0.1, -0.05) is 29.3 Å². The third kappa shape index (κ3) is 2.71. The summed E-state index contributed by atoms with van der Waals surface area (Å²) in [5.41, 5.74) is 8.03. The summed E-state index contributed by atoms with van der Waals surface area (Å²) >= 11 is 11.9. The minimum atomic E-state index is -0.545. The van der Waals surface area contributed by atoms with Gasteiger partial charge in [0, 0.05) is 28.9 Å². The number of nitrogens with zero attached hydrogens (tertiary/aromatic N) is 1. The van der Waals surface area contributed by atoms with Crippen molar-refractivity contribution in [1.29, 1.82) is 0 Å². The molecule has 2 heterocycles. The van der Waals surface area contributed by atoms with E-state index in [0.717, 1.165) is 16.6 Å². The average Bonchev–Trinajstić information content (AvgIpc) is 2.91. The van der Waals surface area contributed by atoms with Crippen LogP contribution >= 0.6 is 23.2 Å². The van der Waals surface area contributed by atoms with Crippen molar-refractivity contribution in [3.63, 3.8) is 0 Å². The highest BCUT2D eigenvalue weighted by Crippen LogP contribution is 2.28. The van der Waals surface area contributed by atoms with Crippen LogP contribution in [0.25, 0.3) is 22.7 Å². The van der Waals surface area contributed by atoms with Crippen LogP contribution < -0.4 is 5.73 Å². The molecule has 0 aliphatic rings. The number of nitrogens with one attached hydrogen (secondary N) is 1. The summed E-state index contributed by atoms with van der Waals surface area (Å²) in [7, 11) is 0. The van der Waals surface area contributed by atoms with Gasteiger partial charge >= 0.3 is 0 Å². The summed E-state index contributed by atoms with van der Waals surface area (Å²) in [5.74, 6) is -0.545. The summed E-state index contributed by atoms with van der Waals surface area (Å²) < 4.78 is 0. The summed E-state index contributed by atoms with van der Waals surface area (Å²) in [5, 5.41) is 1.69. The second kappa shape index (κ2) is 5.83. The lowest BCUT2D eigenvalue weighted by Crippen LogP contribution is -2.12. The number of nitrogens with two attached hydrogens (primary N) is 1. The molecule has 3 N–H and O–H groups in total. The van der Waals surface area contributed by atoms with E-state index < -0.39 is 5.91 Å². The second-order valence-corrected chi connectivity index (χ2v) is 5.51. The van der Waals surface area contributed by atoms with Gasteiger partial charge < -0.3 is 10.7 Å². The van der Waals surface area contributed by atoms with Crippen LogP contribution in [0.3, 0.4) is 0 Å². The number of aromatic amines is 1. The number of amides is 1. The zero-order chi connectivity index (χ0) is 15.7. The van der Waals surface area contributed by atoms with E-state index in [1.54, 1.807) is 36.7 Å². The van der Waals surface area contributed by atoms with E-state index in [1.807, 2.05) is 12.1 Å². The zero-order valence-corrected chi connectivity index (χ0v) is 12.8. The minimum Gasteiger partial charge on any atom is -0.366 e. The van der Waals surface area contributed by atoms with E-state index in [-0.39, 0.29) is 0 Å². The van der Waals surface area contributed by atoms with Crippen LogP contribution in [0, 0.1) is 0 Å². The van der Waals surface area contributed by atoms with Gasteiger partial charge in [0.25, 0.3) is 0 Å². The number of H-pyrrole nitrogens is 1. The fourth-order valence-corrected chi connectivity index (χ4v) is 2.51. The second-order valence-electron chi connectivity index (χ2n) is 4.69. The summed E-state index contributed by atoms with van der Waals surface area (Å²) in [4.78, 5) is 19.1. The highest BCUT2D eigenvalue weighted by Gasteiger charge is 2.12. The Labute approximate surface area is 136 Å². The average molecular weight is 332 g/mol. The van der Waals surface area contributed by atoms with Crippen LogP contribution in [-0.4, -0.2) is 15.9 Å². The number of carbonyl (C=O) groups is 1. The van der Waals surface area contributed by atoms with Crippen LogP contribution in [0.5, 0.6) is 0 Å². The third-order valence-electron chi connectivity index (χ3n) is 3.28. The number of hydrogen-bond acceptors (Lipinski definition) is 2. The van der Waals surface area contributed by atoms with Crippen molar-refractivity contribution in [3.05, 3.63) is 63.9 Å². The molecule has 0 saturated heterocycles. The van der Waals surface area contributed by atoms with Gasteiger partial charge in [-0.05, 0) is 35.9 Å². The first-order valence-corrected chi connectivity index (χ1v) is 7.21. The minimum absolute atomic E-state index is 0.350. The molecule has 0 aliphatic carbocycles. The van der Waals surface area contributed by atoms with Crippen LogP contribution in [0.15, 0.2) is 42.7 Å². The molecule has 0 spiro atoms. The fourth-order valence-electron chi connectivity index (χ4n) is 2.21. The van der Waals surface area contributed by atoms with Crippen molar-refractivity contribution < 1.29 is 4.79 Å². The monoisotopic (exact) mass is 331 g/mol. The number of benzene rings is 1. The molecule has 22 heavy (non-hydrogen) atoms. The maximum atomic E-state index is 11.8. The zero-order valence-electron chi connectivity index (χ0n) is 11.3. The fraction of sp³-hybridized carbons (Fsp3) is 0. The predicted octanol–water partition coefficient (Wildman–Crippen LogP) is 3.90. The van der Waals surface area contributed by atoms with Gasteiger partial charge in [0.1, 0.15) is 5.65 Å². The number of hydrogen-bond donors (Lipinski definition) is 2. The molecule has 2 aromatic heterocycles. The normalized spacial score (nSPS) is 11.8. The third-order valence-corrected chi connectivity index (χ3v) is 4.02. The van der Waals surface area contributed by atoms with Gasteiger partial charge in [0.2, 0.25) is 5.91 Å². The van der Waals surface area contributed by atoms with Crippen molar-refractivity contribution in [3.8, 4) is 0 Å². The molecule has 110 valence electrons. The highest BCUT2D eigenvalue weighted by atomic mass is 35.5. The van der Waals surface area contributed by atoms with Gasteiger partial charge in [-0.25, -0.2) is 4.98 Å². The lowest BCUT2D eigenvalue weighted by molar-refractivity contribution is -0.112. The van der Waals surface area contributed by atoms with Crippen LogP contribution in [-0.2, 0) is 4.79 Å². The molecule has 1 aromatic carbocycles. The first kappa shape index (κ1) is 14.6. The molecule has 0 bridgehead atoms. The van der Waals surface area contributed by atoms with Crippen molar-refractivity contribution >= 4 is 51.8 Å². The summed E-state index contributed by atoms with van der Waals surface area (Å²) in [6, 6.07) is 8.70. The predicted molar refractivity (Wildman–Crippen MR) is 89.6 cm³/mol. The van der Waals surface area contributed by atoms with E-state index in [9.17, 15) is 4.79 Å². The number of carbonyl (C=O) groups excluding carboxylic acids is 1. The Morgan fingerprint density at radius 2 is 2.05 bits per heavy atom.